The summed E-state index contributed by atoms with van der Waals surface area (Å²) >= 11 is 6.01. The van der Waals surface area contributed by atoms with Crippen LogP contribution < -0.4 is 0 Å². The molecule has 0 aliphatic heterocycles. The summed E-state index contributed by atoms with van der Waals surface area (Å²) in [5.41, 5.74) is 2.55. The van der Waals surface area contributed by atoms with Crippen molar-refractivity contribution in [1.82, 2.24) is 4.98 Å². The molecule has 2 aromatic rings. The normalized spacial score (nSPS) is 12.4. The second kappa shape index (κ2) is 5.30. The Morgan fingerprint density at radius 3 is 2.53 bits per heavy atom. The second-order valence-corrected chi connectivity index (χ2v) is 4.28. The van der Waals surface area contributed by atoms with Gasteiger partial charge >= 0.3 is 0 Å². The van der Waals surface area contributed by atoms with Crippen LogP contribution in [0.15, 0.2) is 42.6 Å². The van der Waals surface area contributed by atoms with Gasteiger partial charge < -0.3 is 5.11 Å². The molecule has 17 heavy (non-hydrogen) atoms. The van der Waals surface area contributed by atoms with Crippen molar-refractivity contribution in [3.05, 3.63) is 64.4 Å². The fraction of sp³-hybridized carbons (Fsp3) is 0.214. The van der Waals surface area contributed by atoms with E-state index in [1.54, 1.807) is 18.3 Å². The van der Waals surface area contributed by atoms with Crippen LogP contribution in [-0.2, 0) is 6.42 Å². The van der Waals surface area contributed by atoms with Gasteiger partial charge in [0, 0.05) is 6.20 Å². The third-order valence-electron chi connectivity index (χ3n) is 2.75. The smallest absolute Gasteiger partial charge is 0.122 e. The Morgan fingerprint density at radius 2 is 1.94 bits per heavy atom. The standard InChI is InChI=1S/C14H14ClNO/c1-2-10-5-7-11(8-6-10)14(17)13-12(15)4-3-9-16-13/h3-9,14,17H,2H2,1H3. The Bertz CT molecular complexity index is 496. The molecule has 0 saturated carbocycles. The highest BCUT2D eigenvalue weighted by Crippen LogP contribution is 2.26. The zero-order valence-corrected chi connectivity index (χ0v) is 10.4. The third-order valence-corrected chi connectivity index (χ3v) is 3.07. The molecule has 0 saturated heterocycles. The van der Waals surface area contributed by atoms with E-state index in [0.717, 1.165) is 12.0 Å². The highest BCUT2D eigenvalue weighted by molar-refractivity contribution is 6.31. The lowest BCUT2D eigenvalue weighted by Crippen LogP contribution is -2.03. The van der Waals surface area contributed by atoms with E-state index in [0.29, 0.717) is 10.7 Å². The third kappa shape index (κ3) is 2.65. The first-order valence-electron chi connectivity index (χ1n) is 5.59. The molecule has 0 amide bonds. The first-order valence-corrected chi connectivity index (χ1v) is 5.97. The Balaban J connectivity index is 2.30. The molecule has 1 atom stereocenters. The van der Waals surface area contributed by atoms with E-state index in [1.165, 1.54) is 5.56 Å². The molecule has 0 bridgehead atoms. The van der Waals surface area contributed by atoms with E-state index >= 15 is 0 Å². The molecule has 0 aliphatic rings. The molecule has 2 rings (SSSR count). The number of aromatic nitrogens is 1. The van der Waals surface area contributed by atoms with E-state index < -0.39 is 6.10 Å². The van der Waals surface area contributed by atoms with Crippen molar-refractivity contribution in [1.29, 1.82) is 0 Å². The number of nitrogens with zero attached hydrogens (tertiary/aromatic N) is 1. The van der Waals surface area contributed by atoms with Gasteiger partial charge in [0.1, 0.15) is 6.10 Å². The molecule has 0 radical (unpaired) electrons. The van der Waals surface area contributed by atoms with E-state index in [2.05, 4.69) is 11.9 Å². The van der Waals surface area contributed by atoms with Crippen molar-refractivity contribution >= 4 is 11.6 Å². The van der Waals surface area contributed by atoms with E-state index in [1.807, 2.05) is 24.3 Å². The second-order valence-electron chi connectivity index (χ2n) is 3.87. The van der Waals surface area contributed by atoms with E-state index in [-0.39, 0.29) is 0 Å². The highest BCUT2D eigenvalue weighted by atomic mass is 35.5. The number of hydrogen-bond acceptors (Lipinski definition) is 2. The van der Waals surface area contributed by atoms with Crippen LogP contribution in [0, 0.1) is 0 Å². The van der Waals surface area contributed by atoms with Crippen molar-refractivity contribution < 1.29 is 5.11 Å². The van der Waals surface area contributed by atoms with Crippen LogP contribution in [0.1, 0.15) is 29.8 Å². The zero-order chi connectivity index (χ0) is 12.3. The van der Waals surface area contributed by atoms with Crippen LogP contribution in [0.5, 0.6) is 0 Å². The van der Waals surface area contributed by atoms with E-state index in [4.69, 9.17) is 11.6 Å². The lowest BCUT2D eigenvalue weighted by Gasteiger charge is -2.12. The van der Waals surface area contributed by atoms with Crippen molar-refractivity contribution in [2.45, 2.75) is 19.4 Å². The lowest BCUT2D eigenvalue weighted by atomic mass is 10.0. The Labute approximate surface area is 106 Å². The van der Waals surface area contributed by atoms with Gasteiger partial charge in [-0.1, -0.05) is 42.8 Å². The molecule has 1 heterocycles. The molecule has 1 aromatic carbocycles. The quantitative estimate of drug-likeness (QED) is 0.902. The number of aryl methyl sites for hydroxylation is 1. The van der Waals surface area contributed by atoms with Gasteiger partial charge in [-0.2, -0.15) is 0 Å². The topological polar surface area (TPSA) is 33.1 Å². The molecule has 2 nitrogen and oxygen atoms in total. The number of hydrogen-bond donors (Lipinski definition) is 1. The number of aliphatic hydroxyl groups excluding tert-OH is 1. The van der Waals surface area contributed by atoms with Gasteiger partial charge in [-0.25, -0.2) is 0 Å². The fourth-order valence-electron chi connectivity index (χ4n) is 1.69. The van der Waals surface area contributed by atoms with Crippen molar-refractivity contribution in [3.63, 3.8) is 0 Å². The van der Waals surface area contributed by atoms with Gasteiger partial charge in [-0.3, -0.25) is 4.98 Å². The maximum absolute atomic E-state index is 10.2. The summed E-state index contributed by atoms with van der Waals surface area (Å²) in [6.45, 7) is 2.10. The average Bonchev–Trinajstić information content (AvgIpc) is 2.39. The molecular weight excluding hydrogens is 234 g/mol. The minimum absolute atomic E-state index is 0.486. The molecular formula is C14H14ClNO. The van der Waals surface area contributed by atoms with Crippen LogP contribution in [0.25, 0.3) is 0 Å². The molecule has 0 fully saturated rings. The van der Waals surface area contributed by atoms with Gasteiger partial charge in [0.15, 0.2) is 0 Å². The molecule has 0 aliphatic carbocycles. The summed E-state index contributed by atoms with van der Waals surface area (Å²) in [6, 6.07) is 11.3. The zero-order valence-electron chi connectivity index (χ0n) is 9.60. The summed E-state index contributed by atoms with van der Waals surface area (Å²) < 4.78 is 0. The number of halogens is 1. The minimum Gasteiger partial charge on any atom is -0.382 e. The predicted molar refractivity (Wildman–Crippen MR) is 69.1 cm³/mol. The Morgan fingerprint density at radius 1 is 1.24 bits per heavy atom. The molecule has 0 spiro atoms. The average molecular weight is 248 g/mol. The first kappa shape index (κ1) is 12.1. The van der Waals surface area contributed by atoms with Crippen LogP contribution in [-0.4, -0.2) is 10.1 Å². The predicted octanol–water partition coefficient (Wildman–Crippen LogP) is 3.38. The minimum atomic E-state index is -0.769. The number of pyridine rings is 1. The van der Waals surface area contributed by atoms with Crippen molar-refractivity contribution in [2.75, 3.05) is 0 Å². The van der Waals surface area contributed by atoms with Crippen LogP contribution in [0.4, 0.5) is 0 Å². The largest absolute Gasteiger partial charge is 0.382 e. The van der Waals surface area contributed by atoms with Gasteiger partial charge in [-0.05, 0) is 29.7 Å². The van der Waals surface area contributed by atoms with E-state index in [9.17, 15) is 5.11 Å². The summed E-state index contributed by atoms with van der Waals surface area (Å²) in [4.78, 5) is 4.12. The first-order chi connectivity index (χ1) is 8.22. The van der Waals surface area contributed by atoms with Gasteiger partial charge in [0.05, 0.1) is 10.7 Å². The Kier molecular flexibility index (Phi) is 3.77. The van der Waals surface area contributed by atoms with Crippen LogP contribution in [0.3, 0.4) is 0 Å². The summed E-state index contributed by atoms with van der Waals surface area (Å²) in [5, 5.41) is 10.7. The van der Waals surface area contributed by atoms with Gasteiger partial charge in [0.25, 0.3) is 0 Å². The number of benzene rings is 1. The summed E-state index contributed by atoms with van der Waals surface area (Å²) in [6.07, 6.45) is 1.85. The molecule has 1 unspecified atom stereocenters. The van der Waals surface area contributed by atoms with Gasteiger partial charge in [-0.15, -0.1) is 0 Å². The molecule has 88 valence electrons. The van der Waals surface area contributed by atoms with Crippen molar-refractivity contribution in [2.24, 2.45) is 0 Å². The van der Waals surface area contributed by atoms with Crippen LogP contribution in [0.2, 0.25) is 5.02 Å². The monoisotopic (exact) mass is 247 g/mol. The Hall–Kier alpha value is -1.38. The summed E-state index contributed by atoms with van der Waals surface area (Å²) in [5.74, 6) is 0. The highest BCUT2D eigenvalue weighted by Gasteiger charge is 2.14. The fourth-order valence-corrected chi connectivity index (χ4v) is 1.92. The van der Waals surface area contributed by atoms with Crippen LogP contribution >= 0.6 is 11.6 Å². The molecule has 3 heteroatoms. The number of aliphatic hydroxyl groups is 1. The van der Waals surface area contributed by atoms with Crippen molar-refractivity contribution in [3.8, 4) is 0 Å². The summed E-state index contributed by atoms with van der Waals surface area (Å²) in [7, 11) is 0. The maximum Gasteiger partial charge on any atom is 0.122 e. The SMILES string of the molecule is CCc1ccc(C(O)c2ncccc2Cl)cc1. The lowest BCUT2D eigenvalue weighted by molar-refractivity contribution is 0.215. The molecule has 1 aromatic heterocycles. The van der Waals surface area contributed by atoms with Gasteiger partial charge in [0.2, 0.25) is 0 Å². The maximum atomic E-state index is 10.2. The molecule has 1 N–H and O–H groups in total. The number of rotatable bonds is 3.